The standard InChI is InChI=1S/C24H39NO4Si/c1-10-20(29-30(8,9)22(2,3)4)19-15-26-21(18(19)12-11-13-25)14-24(7)27-16-23(5,6)17-28-24/h10,15,20H,1,11-12,14,16-17H2,2-9H3/t20-/m0/s1. The van der Waals surface area contributed by atoms with E-state index in [2.05, 4.69) is 60.4 Å². The second kappa shape index (κ2) is 9.00. The van der Waals surface area contributed by atoms with Crippen LogP contribution >= 0.6 is 0 Å². The topological polar surface area (TPSA) is 64.6 Å². The van der Waals surface area contributed by atoms with Gasteiger partial charge in [-0.2, -0.15) is 5.26 Å². The van der Waals surface area contributed by atoms with E-state index in [0.717, 1.165) is 16.9 Å². The van der Waals surface area contributed by atoms with Gasteiger partial charge in [0.25, 0.3) is 0 Å². The fourth-order valence-corrected chi connectivity index (χ4v) is 4.41. The molecule has 5 nitrogen and oxygen atoms in total. The van der Waals surface area contributed by atoms with Crippen LogP contribution in [0.25, 0.3) is 0 Å². The predicted octanol–water partition coefficient (Wildman–Crippen LogP) is 6.32. The fraction of sp³-hybridized carbons (Fsp3) is 0.708. The van der Waals surface area contributed by atoms with Gasteiger partial charge in [-0.25, -0.2) is 0 Å². The average Bonchev–Trinajstić information content (AvgIpc) is 3.02. The van der Waals surface area contributed by atoms with Gasteiger partial charge >= 0.3 is 0 Å². The summed E-state index contributed by atoms with van der Waals surface area (Å²) >= 11 is 0. The smallest absolute Gasteiger partial charge is 0.193 e. The molecule has 0 radical (unpaired) electrons. The predicted molar refractivity (Wildman–Crippen MR) is 122 cm³/mol. The molecule has 6 heteroatoms. The summed E-state index contributed by atoms with van der Waals surface area (Å²) in [6, 6.07) is 2.25. The zero-order valence-electron chi connectivity index (χ0n) is 20.1. The van der Waals surface area contributed by atoms with E-state index < -0.39 is 14.1 Å². The second-order valence-electron chi connectivity index (χ2n) is 10.8. The molecule has 1 aliphatic heterocycles. The van der Waals surface area contributed by atoms with Gasteiger partial charge in [-0.1, -0.05) is 40.7 Å². The van der Waals surface area contributed by atoms with Gasteiger partial charge in [0.2, 0.25) is 0 Å². The largest absolute Gasteiger partial charge is 0.468 e. The van der Waals surface area contributed by atoms with Gasteiger partial charge < -0.3 is 18.3 Å². The van der Waals surface area contributed by atoms with Crippen molar-refractivity contribution in [3.63, 3.8) is 0 Å². The van der Waals surface area contributed by atoms with E-state index in [1.807, 2.05) is 13.0 Å². The Balaban J connectivity index is 2.32. The molecule has 0 saturated carbocycles. The highest BCUT2D eigenvalue weighted by atomic mass is 28.4. The number of hydrogen-bond donors (Lipinski definition) is 0. The zero-order chi connectivity index (χ0) is 22.8. The lowest BCUT2D eigenvalue weighted by Crippen LogP contribution is -2.47. The zero-order valence-corrected chi connectivity index (χ0v) is 21.1. The van der Waals surface area contributed by atoms with E-state index >= 15 is 0 Å². The van der Waals surface area contributed by atoms with Crippen molar-refractivity contribution < 1.29 is 18.3 Å². The number of rotatable bonds is 8. The first-order valence-electron chi connectivity index (χ1n) is 10.8. The van der Waals surface area contributed by atoms with Gasteiger partial charge in [0, 0.05) is 23.0 Å². The normalized spacial score (nSPS) is 19.8. The molecule has 2 rings (SSSR count). The third-order valence-electron chi connectivity index (χ3n) is 6.27. The van der Waals surface area contributed by atoms with Crippen LogP contribution in [0, 0.1) is 16.7 Å². The molecule has 0 amide bonds. The van der Waals surface area contributed by atoms with Crippen molar-refractivity contribution in [2.75, 3.05) is 13.2 Å². The highest BCUT2D eigenvalue weighted by Gasteiger charge is 2.41. The Bertz CT molecular complexity index is 772. The Labute approximate surface area is 183 Å². The summed E-state index contributed by atoms with van der Waals surface area (Å²) in [6.45, 7) is 22.6. The molecule has 1 aliphatic rings. The van der Waals surface area contributed by atoms with E-state index in [0.29, 0.717) is 32.5 Å². The first kappa shape index (κ1) is 24.9. The van der Waals surface area contributed by atoms with Crippen LogP contribution in [0.15, 0.2) is 23.3 Å². The summed E-state index contributed by atoms with van der Waals surface area (Å²) in [5.41, 5.74) is 1.97. The summed E-state index contributed by atoms with van der Waals surface area (Å²) < 4.78 is 24.8. The van der Waals surface area contributed by atoms with Crippen LogP contribution in [-0.2, 0) is 26.7 Å². The number of furan rings is 1. The Morgan fingerprint density at radius 2 is 1.87 bits per heavy atom. The fourth-order valence-electron chi connectivity index (χ4n) is 3.20. The minimum Gasteiger partial charge on any atom is -0.468 e. The van der Waals surface area contributed by atoms with Crippen molar-refractivity contribution in [1.82, 2.24) is 0 Å². The molecule has 30 heavy (non-hydrogen) atoms. The van der Waals surface area contributed by atoms with Crippen LogP contribution < -0.4 is 0 Å². The van der Waals surface area contributed by atoms with E-state index in [-0.39, 0.29) is 16.6 Å². The maximum atomic E-state index is 9.19. The molecule has 1 aromatic rings. The molecule has 0 aliphatic carbocycles. The lowest BCUT2D eigenvalue weighted by molar-refractivity contribution is -0.289. The van der Waals surface area contributed by atoms with Crippen molar-refractivity contribution in [3.05, 3.63) is 35.8 Å². The number of nitriles is 1. The highest BCUT2D eigenvalue weighted by Crippen LogP contribution is 2.42. The van der Waals surface area contributed by atoms with Crippen LogP contribution in [0.4, 0.5) is 0 Å². The Hall–Kier alpha value is -1.39. The molecule has 2 heterocycles. The molecule has 1 fully saturated rings. The quantitative estimate of drug-likeness (QED) is 0.355. The molecule has 0 spiro atoms. The molecular weight excluding hydrogens is 394 g/mol. The van der Waals surface area contributed by atoms with Crippen LogP contribution in [0.2, 0.25) is 18.1 Å². The molecule has 1 saturated heterocycles. The van der Waals surface area contributed by atoms with Crippen LogP contribution in [-0.4, -0.2) is 27.3 Å². The maximum Gasteiger partial charge on any atom is 0.193 e. The van der Waals surface area contributed by atoms with Crippen molar-refractivity contribution in [1.29, 1.82) is 5.26 Å². The summed E-state index contributed by atoms with van der Waals surface area (Å²) in [4.78, 5) is 0. The van der Waals surface area contributed by atoms with Crippen molar-refractivity contribution in [2.24, 2.45) is 5.41 Å². The number of nitrogens with zero attached hydrogens (tertiary/aromatic N) is 1. The molecule has 0 unspecified atom stereocenters. The Morgan fingerprint density at radius 1 is 1.27 bits per heavy atom. The molecule has 0 N–H and O–H groups in total. The first-order chi connectivity index (χ1) is 13.7. The van der Waals surface area contributed by atoms with Crippen molar-refractivity contribution in [2.45, 2.75) is 90.8 Å². The van der Waals surface area contributed by atoms with Gasteiger partial charge in [-0.3, -0.25) is 0 Å². The Morgan fingerprint density at radius 3 is 2.37 bits per heavy atom. The summed E-state index contributed by atoms with van der Waals surface area (Å²) in [5, 5.41) is 9.27. The van der Waals surface area contributed by atoms with E-state index in [1.54, 1.807) is 6.26 Å². The summed E-state index contributed by atoms with van der Waals surface area (Å²) in [7, 11) is -2.02. The average molecular weight is 434 g/mol. The molecule has 0 bridgehead atoms. The lowest BCUT2D eigenvalue weighted by atomic mass is 9.93. The minimum absolute atomic E-state index is 0.00240. The molecule has 0 aromatic carbocycles. The monoisotopic (exact) mass is 433 g/mol. The van der Waals surface area contributed by atoms with Gasteiger partial charge in [0.15, 0.2) is 14.1 Å². The summed E-state index contributed by atoms with van der Waals surface area (Å²) in [6.07, 6.45) is 4.84. The van der Waals surface area contributed by atoms with Crippen LogP contribution in [0.5, 0.6) is 0 Å². The van der Waals surface area contributed by atoms with Crippen molar-refractivity contribution in [3.8, 4) is 6.07 Å². The molecular formula is C24H39NO4Si. The van der Waals surface area contributed by atoms with Gasteiger partial charge in [0.1, 0.15) is 5.76 Å². The Kier molecular flexibility index (Phi) is 7.46. The van der Waals surface area contributed by atoms with Gasteiger partial charge in [-0.05, 0) is 31.5 Å². The molecule has 1 atom stereocenters. The van der Waals surface area contributed by atoms with Crippen molar-refractivity contribution >= 4 is 8.32 Å². The van der Waals surface area contributed by atoms with E-state index in [1.165, 1.54) is 0 Å². The second-order valence-corrected chi connectivity index (χ2v) is 15.6. The number of ether oxygens (including phenoxy) is 2. The maximum absolute atomic E-state index is 9.19. The third kappa shape index (κ3) is 5.85. The minimum atomic E-state index is -2.02. The van der Waals surface area contributed by atoms with Gasteiger partial charge in [-0.15, -0.1) is 6.58 Å². The van der Waals surface area contributed by atoms with E-state index in [9.17, 15) is 5.26 Å². The SMILES string of the molecule is C=C[C@H](O[Si](C)(C)C(C)(C)C)c1coc(CC2(C)OCC(C)(C)CO2)c1CCC#N. The highest BCUT2D eigenvalue weighted by molar-refractivity contribution is 6.74. The molecule has 168 valence electrons. The number of hydrogen-bond acceptors (Lipinski definition) is 5. The summed E-state index contributed by atoms with van der Waals surface area (Å²) in [5.74, 6) is 0.0591. The van der Waals surface area contributed by atoms with Crippen LogP contribution in [0.1, 0.15) is 71.0 Å². The third-order valence-corrected chi connectivity index (χ3v) is 10.7. The van der Waals surface area contributed by atoms with E-state index in [4.69, 9.17) is 18.3 Å². The molecule has 1 aromatic heterocycles. The lowest BCUT2D eigenvalue weighted by Gasteiger charge is -2.41. The van der Waals surface area contributed by atoms with Crippen LogP contribution in [0.3, 0.4) is 0 Å². The first-order valence-corrected chi connectivity index (χ1v) is 13.7. The van der Waals surface area contributed by atoms with Gasteiger partial charge in [0.05, 0.1) is 38.1 Å².